The van der Waals surface area contributed by atoms with Crippen molar-refractivity contribution in [1.29, 1.82) is 0 Å². The first kappa shape index (κ1) is 13.8. The molecule has 0 aliphatic heterocycles. The third kappa shape index (κ3) is 5.48. The summed E-state index contributed by atoms with van der Waals surface area (Å²) in [6.45, 7) is 8.14. The molecule has 11 heavy (non-hydrogen) atoms. The van der Waals surface area contributed by atoms with Crippen LogP contribution in [-0.4, -0.2) is 42.9 Å². The van der Waals surface area contributed by atoms with Crippen LogP contribution in [0.25, 0.3) is 0 Å². The van der Waals surface area contributed by atoms with Gasteiger partial charge in [0.25, 0.3) is 0 Å². The first-order valence-corrected chi connectivity index (χ1v) is 4.13. The van der Waals surface area contributed by atoms with E-state index in [1.54, 1.807) is 0 Å². The fourth-order valence-corrected chi connectivity index (χ4v) is 0.992. The van der Waals surface area contributed by atoms with E-state index in [2.05, 4.69) is 20.9 Å². The van der Waals surface area contributed by atoms with Gasteiger partial charge in [0.1, 0.15) is 0 Å². The molecule has 0 aromatic carbocycles. The number of halogens is 1. The monoisotopic (exact) mass is 181 g/mol. The standard InChI is InChI=1S/C8H20NO.ClH/c1-4-9(3,5-2)7-6-8-10;/h10H,4-8H2,1-3H3;1H/q+1;/p-1. The summed E-state index contributed by atoms with van der Waals surface area (Å²) in [5.41, 5.74) is 0. The van der Waals surface area contributed by atoms with E-state index >= 15 is 0 Å². The lowest BCUT2D eigenvalue weighted by Crippen LogP contribution is -3.00. The molecule has 0 heterocycles. The Hall–Kier alpha value is 0.210. The highest BCUT2D eigenvalue weighted by molar-refractivity contribution is 4.35. The van der Waals surface area contributed by atoms with Crippen LogP contribution in [0.4, 0.5) is 0 Å². The average molecular weight is 182 g/mol. The van der Waals surface area contributed by atoms with Gasteiger partial charge in [0, 0.05) is 13.0 Å². The van der Waals surface area contributed by atoms with Gasteiger partial charge in [-0.05, 0) is 13.8 Å². The molecule has 2 nitrogen and oxygen atoms in total. The third-order valence-corrected chi connectivity index (χ3v) is 2.38. The van der Waals surface area contributed by atoms with E-state index in [0.717, 1.165) is 30.5 Å². The Morgan fingerprint density at radius 3 is 1.91 bits per heavy atom. The first-order chi connectivity index (χ1) is 4.68. The SMILES string of the molecule is CC[N+](C)(CC)CCCO.[Cl-]. The van der Waals surface area contributed by atoms with Crippen molar-refractivity contribution < 1.29 is 22.0 Å². The maximum Gasteiger partial charge on any atom is 0.0806 e. The summed E-state index contributed by atoms with van der Waals surface area (Å²) in [5.74, 6) is 0. The highest BCUT2D eigenvalue weighted by Crippen LogP contribution is 2.01. The number of aliphatic hydroxyl groups excluding tert-OH is 1. The van der Waals surface area contributed by atoms with E-state index in [4.69, 9.17) is 5.11 Å². The van der Waals surface area contributed by atoms with Gasteiger partial charge in [-0.2, -0.15) is 0 Å². The van der Waals surface area contributed by atoms with Gasteiger partial charge in [0.05, 0.1) is 26.7 Å². The number of nitrogens with zero attached hydrogens (tertiary/aromatic N) is 1. The van der Waals surface area contributed by atoms with E-state index in [1.165, 1.54) is 0 Å². The fraction of sp³-hybridized carbons (Fsp3) is 1.00. The summed E-state index contributed by atoms with van der Waals surface area (Å²) in [4.78, 5) is 0. The molecule has 0 aromatic heterocycles. The molecule has 0 spiro atoms. The molecule has 0 unspecified atom stereocenters. The van der Waals surface area contributed by atoms with Crippen LogP contribution in [0.2, 0.25) is 0 Å². The Morgan fingerprint density at radius 1 is 1.18 bits per heavy atom. The second-order valence-electron chi connectivity index (χ2n) is 3.05. The summed E-state index contributed by atoms with van der Waals surface area (Å²) < 4.78 is 1.08. The zero-order valence-electron chi connectivity index (χ0n) is 7.81. The zero-order chi connectivity index (χ0) is 8.04. The lowest BCUT2D eigenvalue weighted by atomic mass is 10.3. The number of aliphatic hydroxyl groups is 1. The lowest BCUT2D eigenvalue weighted by molar-refractivity contribution is -0.906. The Labute approximate surface area is 76.2 Å². The number of rotatable bonds is 5. The normalized spacial score (nSPS) is 10.9. The van der Waals surface area contributed by atoms with Gasteiger partial charge in [0.2, 0.25) is 0 Å². The van der Waals surface area contributed by atoms with Crippen LogP contribution < -0.4 is 12.4 Å². The Balaban J connectivity index is 0. The van der Waals surface area contributed by atoms with E-state index in [9.17, 15) is 0 Å². The minimum atomic E-state index is 0. The molecule has 0 aromatic rings. The molecule has 3 heteroatoms. The maximum absolute atomic E-state index is 8.61. The molecule has 0 rings (SSSR count). The van der Waals surface area contributed by atoms with Gasteiger partial charge in [-0.3, -0.25) is 0 Å². The summed E-state index contributed by atoms with van der Waals surface area (Å²) >= 11 is 0. The Morgan fingerprint density at radius 2 is 1.64 bits per heavy atom. The van der Waals surface area contributed by atoms with Gasteiger partial charge in [-0.1, -0.05) is 0 Å². The van der Waals surface area contributed by atoms with Crippen molar-refractivity contribution in [2.24, 2.45) is 0 Å². The molecule has 0 aliphatic rings. The molecule has 0 aliphatic carbocycles. The van der Waals surface area contributed by atoms with Gasteiger partial charge in [0.15, 0.2) is 0 Å². The van der Waals surface area contributed by atoms with Gasteiger partial charge in [-0.25, -0.2) is 0 Å². The van der Waals surface area contributed by atoms with Crippen LogP contribution in [-0.2, 0) is 0 Å². The van der Waals surface area contributed by atoms with Crippen molar-refractivity contribution in [1.82, 2.24) is 0 Å². The quantitative estimate of drug-likeness (QED) is 0.480. The predicted octanol–water partition coefficient (Wildman–Crippen LogP) is -2.14. The molecule has 0 amide bonds. The molecular formula is C8H20ClNO. The van der Waals surface area contributed by atoms with E-state index in [1.807, 2.05) is 0 Å². The van der Waals surface area contributed by atoms with E-state index < -0.39 is 0 Å². The van der Waals surface area contributed by atoms with Gasteiger partial charge < -0.3 is 22.0 Å². The highest BCUT2D eigenvalue weighted by atomic mass is 35.5. The van der Waals surface area contributed by atoms with Crippen LogP contribution in [0.5, 0.6) is 0 Å². The third-order valence-electron chi connectivity index (χ3n) is 2.38. The number of quaternary nitrogens is 1. The average Bonchev–Trinajstić information content (AvgIpc) is 2.00. The van der Waals surface area contributed by atoms with E-state index in [0.29, 0.717) is 6.61 Å². The minimum absolute atomic E-state index is 0. The summed E-state index contributed by atoms with van der Waals surface area (Å²) in [7, 11) is 2.23. The molecule has 0 bridgehead atoms. The van der Waals surface area contributed by atoms with Crippen LogP contribution >= 0.6 is 0 Å². The molecule has 1 N–H and O–H groups in total. The first-order valence-electron chi connectivity index (χ1n) is 4.13. The molecule has 0 radical (unpaired) electrons. The molecule has 0 saturated carbocycles. The van der Waals surface area contributed by atoms with Crippen molar-refractivity contribution in [2.75, 3.05) is 33.3 Å². The molecule has 0 fully saturated rings. The largest absolute Gasteiger partial charge is 1.00 e. The van der Waals surface area contributed by atoms with Gasteiger partial charge in [-0.15, -0.1) is 0 Å². The second-order valence-corrected chi connectivity index (χ2v) is 3.05. The van der Waals surface area contributed by atoms with Crippen molar-refractivity contribution >= 4 is 0 Å². The Kier molecular flexibility index (Phi) is 8.63. The second kappa shape index (κ2) is 6.89. The van der Waals surface area contributed by atoms with Crippen molar-refractivity contribution in [3.05, 3.63) is 0 Å². The zero-order valence-corrected chi connectivity index (χ0v) is 8.56. The topological polar surface area (TPSA) is 20.2 Å². The fourth-order valence-electron chi connectivity index (χ4n) is 0.992. The molecule has 70 valence electrons. The minimum Gasteiger partial charge on any atom is -1.00 e. The van der Waals surface area contributed by atoms with Crippen molar-refractivity contribution in [3.63, 3.8) is 0 Å². The number of hydrogen-bond acceptors (Lipinski definition) is 1. The lowest BCUT2D eigenvalue weighted by Gasteiger charge is -2.31. The summed E-state index contributed by atoms with van der Waals surface area (Å²) in [6, 6.07) is 0. The Bertz CT molecular complexity index is 84.2. The smallest absolute Gasteiger partial charge is 0.0806 e. The molecular weight excluding hydrogens is 162 g/mol. The highest BCUT2D eigenvalue weighted by Gasteiger charge is 2.14. The van der Waals surface area contributed by atoms with Crippen molar-refractivity contribution in [2.45, 2.75) is 20.3 Å². The molecule has 0 saturated heterocycles. The van der Waals surface area contributed by atoms with E-state index in [-0.39, 0.29) is 12.4 Å². The maximum atomic E-state index is 8.61. The van der Waals surface area contributed by atoms with Crippen LogP contribution in [0.1, 0.15) is 20.3 Å². The van der Waals surface area contributed by atoms with Crippen molar-refractivity contribution in [3.8, 4) is 0 Å². The van der Waals surface area contributed by atoms with Gasteiger partial charge >= 0.3 is 0 Å². The predicted molar refractivity (Wildman–Crippen MR) is 43.8 cm³/mol. The summed E-state index contributed by atoms with van der Waals surface area (Å²) in [5, 5.41) is 8.61. The molecule has 0 atom stereocenters. The summed E-state index contributed by atoms with van der Waals surface area (Å²) in [6.07, 6.45) is 0.929. The van der Waals surface area contributed by atoms with Crippen LogP contribution in [0.15, 0.2) is 0 Å². The van der Waals surface area contributed by atoms with Crippen LogP contribution in [0, 0.1) is 0 Å². The number of hydrogen-bond donors (Lipinski definition) is 1. The van der Waals surface area contributed by atoms with Crippen LogP contribution in [0.3, 0.4) is 0 Å².